The molecule has 0 aliphatic carbocycles. The van der Waals surface area contributed by atoms with E-state index in [4.69, 9.17) is 23.2 Å². The first-order chi connectivity index (χ1) is 12.4. The predicted molar refractivity (Wildman–Crippen MR) is 115 cm³/mol. The molecule has 0 spiro atoms. The van der Waals surface area contributed by atoms with Gasteiger partial charge >= 0.3 is 0 Å². The molecule has 6 heteroatoms. The van der Waals surface area contributed by atoms with Crippen LogP contribution in [-0.2, 0) is 0 Å². The van der Waals surface area contributed by atoms with E-state index < -0.39 is 0 Å². The zero-order chi connectivity index (χ0) is 19.5. The summed E-state index contributed by atoms with van der Waals surface area (Å²) >= 11 is 13.0. The average Bonchev–Trinajstić information content (AvgIpc) is 2.61. The summed E-state index contributed by atoms with van der Waals surface area (Å²) in [7, 11) is 1.73. The Morgan fingerprint density at radius 2 is 1.85 bits per heavy atom. The molecule has 0 saturated heterocycles. The van der Waals surface area contributed by atoms with Crippen molar-refractivity contribution < 1.29 is 0 Å². The van der Waals surface area contributed by atoms with Crippen LogP contribution in [0, 0.1) is 11.8 Å². The van der Waals surface area contributed by atoms with Gasteiger partial charge in [0.2, 0.25) is 0 Å². The highest BCUT2D eigenvalue weighted by Crippen LogP contribution is 2.28. The lowest BCUT2D eigenvalue weighted by Gasteiger charge is -2.21. The van der Waals surface area contributed by atoms with Crippen molar-refractivity contribution in [1.82, 2.24) is 10.9 Å². The van der Waals surface area contributed by atoms with Crippen molar-refractivity contribution in [3.8, 4) is 0 Å². The molecule has 4 nitrogen and oxygen atoms in total. The molecule has 0 aliphatic heterocycles. The molecule has 1 aromatic carbocycles. The molecule has 2 unspecified atom stereocenters. The molecule has 0 aromatic heterocycles. The summed E-state index contributed by atoms with van der Waals surface area (Å²) in [6.45, 7) is 9.89. The van der Waals surface area contributed by atoms with Crippen LogP contribution >= 0.6 is 23.2 Å². The summed E-state index contributed by atoms with van der Waals surface area (Å²) in [5.41, 5.74) is 7.88. The van der Waals surface area contributed by atoms with Gasteiger partial charge in [-0.1, -0.05) is 67.9 Å². The molecule has 0 aliphatic rings. The molecule has 140 valence electrons. The number of nitrogens with one attached hydrogen (secondary N) is 2. The first kappa shape index (κ1) is 22.2. The summed E-state index contributed by atoms with van der Waals surface area (Å²) in [5, 5.41) is 0.737. The third kappa shape index (κ3) is 7.16. The summed E-state index contributed by atoms with van der Waals surface area (Å²) < 4.78 is 0. The molecule has 26 heavy (non-hydrogen) atoms. The van der Waals surface area contributed by atoms with Gasteiger partial charge in [-0.15, -0.1) is 0 Å². The fraction of sp³-hybridized carbons (Fsp3) is 0.300. The summed E-state index contributed by atoms with van der Waals surface area (Å²) in [5.74, 6) is 0.0459. The Bertz CT molecular complexity index is 706. The molecule has 0 fully saturated rings. The van der Waals surface area contributed by atoms with Crippen molar-refractivity contribution in [2.75, 3.05) is 7.05 Å². The van der Waals surface area contributed by atoms with Crippen LogP contribution in [-0.4, -0.2) is 18.4 Å². The number of rotatable bonds is 9. The predicted octanol–water partition coefficient (Wildman–Crippen LogP) is 5.56. The highest BCUT2D eigenvalue weighted by atomic mass is 35.5. The summed E-state index contributed by atoms with van der Waals surface area (Å²) in [6, 6.07) is 9.51. The first-order valence-corrected chi connectivity index (χ1v) is 9.14. The van der Waals surface area contributed by atoms with Gasteiger partial charge in [0.25, 0.3) is 0 Å². The minimum atomic E-state index is -0.0227. The van der Waals surface area contributed by atoms with Crippen LogP contribution in [0.3, 0.4) is 0 Å². The minimum absolute atomic E-state index is 0.0227. The van der Waals surface area contributed by atoms with E-state index in [1.807, 2.05) is 69.5 Å². The van der Waals surface area contributed by atoms with Gasteiger partial charge in [0.15, 0.2) is 0 Å². The molecule has 2 atom stereocenters. The van der Waals surface area contributed by atoms with Gasteiger partial charge in [-0.2, -0.15) is 0 Å². The maximum atomic E-state index is 6.53. The highest BCUT2D eigenvalue weighted by molar-refractivity contribution is 6.70. The molecular weight excluding hydrogens is 367 g/mol. The maximum Gasteiger partial charge on any atom is 0.136 e. The number of allylic oxidation sites excluding steroid dienone is 3. The molecule has 1 rings (SSSR count). The highest BCUT2D eigenvalue weighted by Gasteiger charge is 2.22. The van der Waals surface area contributed by atoms with Crippen molar-refractivity contribution in [2.45, 2.75) is 20.8 Å². The van der Waals surface area contributed by atoms with E-state index in [9.17, 15) is 0 Å². The normalized spacial score (nSPS) is 15.8. The van der Waals surface area contributed by atoms with Crippen LogP contribution < -0.4 is 10.9 Å². The number of hydrogen-bond acceptors (Lipinski definition) is 4. The van der Waals surface area contributed by atoms with Crippen molar-refractivity contribution >= 4 is 40.3 Å². The van der Waals surface area contributed by atoms with E-state index in [-0.39, 0.29) is 11.8 Å². The van der Waals surface area contributed by atoms with Crippen molar-refractivity contribution in [3.05, 3.63) is 65.5 Å². The van der Waals surface area contributed by atoms with E-state index in [1.54, 1.807) is 7.05 Å². The average molecular weight is 393 g/mol. The van der Waals surface area contributed by atoms with Crippen molar-refractivity contribution in [2.24, 2.45) is 21.8 Å². The van der Waals surface area contributed by atoms with E-state index in [1.165, 1.54) is 0 Å². The quantitative estimate of drug-likeness (QED) is 0.250. The van der Waals surface area contributed by atoms with Crippen LogP contribution in [0.2, 0.25) is 0 Å². The first-order valence-electron chi connectivity index (χ1n) is 8.38. The van der Waals surface area contributed by atoms with Gasteiger partial charge in [-0.05, 0) is 37.0 Å². The van der Waals surface area contributed by atoms with Gasteiger partial charge in [0.1, 0.15) is 10.3 Å². The van der Waals surface area contributed by atoms with Crippen LogP contribution in [0.25, 0.3) is 0 Å². The lowest BCUT2D eigenvalue weighted by atomic mass is 9.90. The molecule has 2 N–H and O–H groups in total. The third-order valence-corrected chi connectivity index (χ3v) is 4.34. The Morgan fingerprint density at radius 3 is 2.42 bits per heavy atom. The summed E-state index contributed by atoms with van der Waals surface area (Å²) in [4.78, 5) is 8.86. The van der Waals surface area contributed by atoms with E-state index in [0.29, 0.717) is 21.6 Å². The van der Waals surface area contributed by atoms with Crippen LogP contribution in [0.1, 0.15) is 20.8 Å². The lowest BCUT2D eigenvalue weighted by Crippen LogP contribution is -2.29. The second-order valence-corrected chi connectivity index (χ2v) is 6.49. The Hall–Kier alpha value is -1.88. The van der Waals surface area contributed by atoms with Gasteiger partial charge in [-0.3, -0.25) is 4.99 Å². The fourth-order valence-electron chi connectivity index (χ4n) is 2.17. The Kier molecular flexibility index (Phi) is 9.96. The number of aliphatic imine (C=N–C) groups is 2. The minimum Gasteiger partial charge on any atom is -0.312 e. The van der Waals surface area contributed by atoms with Crippen LogP contribution in [0.5, 0.6) is 0 Å². The van der Waals surface area contributed by atoms with Crippen LogP contribution in [0.4, 0.5) is 5.69 Å². The van der Waals surface area contributed by atoms with Gasteiger partial charge in [-0.25, -0.2) is 10.4 Å². The molecule has 0 saturated carbocycles. The standard InChI is InChI=1S/C20H26Cl2N4/c1-6-10-15(3)24-13-14(2)16(4)18(20(22)26-23-5)19(21)25-17-11-8-7-9-12-17/h6-14,16,23,26H,3H2,1-2,4-5H3/b10-6-,20-18-,24-13-,25-19+. The number of hydrazine groups is 1. The second-order valence-electron chi connectivity index (χ2n) is 5.76. The Morgan fingerprint density at radius 1 is 1.19 bits per heavy atom. The molecule has 0 radical (unpaired) electrons. The van der Waals surface area contributed by atoms with Gasteiger partial charge in [0, 0.05) is 18.8 Å². The second kappa shape index (κ2) is 11.7. The fourth-order valence-corrected chi connectivity index (χ4v) is 2.94. The smallest absolute Gasteiger partial charge is 0.136 e. The topological polar surface area (TPSA) is 48.8 Å². The molecule has 0 amide bonds. The van der Waals surface area contributed by atoms with E-state index >= 15 is 0 Å². The SMILES string of the molecule is C=C(/C=C\C)/N=C\C(C)C(C)C(/C(Cl)=N\c1ccccc1)=C(\Cl)NNC. The zero-order valence-electron chi connectivity index (χ0n) is 15.6. The molecule has 0 heterocycles. The largest absolute Gasteiger partial charge is 0.312 e. The molecule has 1 aromatic rings. The van der Waals surface area contributed by atoms with Gasteiger partial charge in [0.05, 0.1) is 11.4 Å². The zero-order valence-corrected chi connectivity index (χ0v) is 17.1. The van der Waals surface area contributed by atoms with Crippen LogP contribution in [0.15, 0.2) is 75.5 Å². The lowest BCUT2D eigenvalue weighted by molar-refractivity contribution is 0.574. The van der Waals surface area contributed by atoms with Crippen molar-refractivity contribution in [1.29, 1.82) is 0 Å². The third-order valence-electron chi connectivity index (χ3n) is 3.76. The maximum absolute atomic E-state index is 6.53. The number of para-hydroxylation sites is 1. The number of nitrogens with zero attached hydrogens (tertiary/aromatic N) is 2. The van der Waals surface area contributed by atoms with Crippen molar-refractivity contribution in [3.63, 3.8) is 0 Å². The monoisotopic (exact) mass is 392 g/mol. The number of benzene rings is 1. The Balaban J connectivity index is 3.16. The summed E-state index contributed by atoms with van der Waals surface area (Å²) in [6.07, 6.45) is 5.60. The molecular formula is C20H26Cl2N4. The van der Waals surface area contributed by atoms with E-state index in [2.05, 4.69) is 27.4 Å². The number of hydrogen-bond donors (Lipinski definition) is 2. The molecule has 0 bridgehead atoms. The Labute approximate surface area is 166 Å². The van der Waals surface area contributed by atoms with E-state index in [0.717, 1.165) is 5.69 Å². The number of halogens is 2. The van der Waals surface area contributed by atoms with Gasteiger partial charge < -0.3 is 5.43 Å².